The van der Waals surface area contributed by atoms with E-state index in [1.807, 2.05) is 26.8 Å². The van der Waals surface area contributed by atoms with Crippen LogP contribution >= 0.6 is 0 Å². The molecule has 11 heteroatoms. The number of amides is 5. The first-order valence-electron chi connectivity index (χ1n) is 13.2. The maximum Gasteiger partial charge on any atom is 0.407 e. The first-order chi connectivity index (χ1) is 17.9. The highest BCUT2D eigenvalue weighted by Gasteiger charge is 2.48. The van der Waals surface area contributed by atoms with Gasteiger partial charge in [-0.1, -0.05) is 0 Å². The summed E-state index contributed by atoms with van der Waals surface area (Å²) < 4.78 is 0. The standard InChI is InChI=1S/C27H35N5O6/c1-26(2,3)31(25(37)38)16-27(8-9-27)15-29-10-12-30(13-11-29)17-4-5-18-19(14-17)24(36)32(23(18)35)20-6-7-21(33)28-22(20)34/h4-5,14,20H,6-13,15-16H2,1-3H3,(H,37,38)(H,28,33,34). The van der Waals surface area contributed by atoms with Crippen molar-refractivity contribution in [3.63, 3.8) is 0 Å². The lowest BCUT2D eigenvalue weighted by Gasteiger charge is -2.40. The minimum Gasteiger partial charge on any atom is -0.465 e. The van der Waals surface area contributed by atoms with Crippen LogP contribution in [0.1, 0.15) is 67.2 Å². The molecular weight excluding hydrogens is 490 g/mol. The van der Waals surface area contributed by atoms with Gasteiger partial charge in [-0.3, -0.25) is 34.3 Å². The molecular formula is C27H35N5O6. The molecule has 1 aromatic carbocycles. The molecule has 5 amide bonds. The Morgan fingerprint density at radius 3 is 2.29 bits per heavy atom. The number of piperazine rings is 1. The molecule has 1 atom stereocenters. The second kappa shape index (κ2) is 9.37. The van der Waals surface area contributed by atoms with Crippen molar-refractivity contribution in [3.05, 3.63) is 29.3 Å². The Balaban J connectivity index is 1.21. The Hall–Kier alpha value is -3.47. The predicted molar refractivity (Wildman–Crippen MR) is 138 cm³/mol. The van der Waals surface area contributed by atoms with Crippen LogP contribution in [-0.4, -0.2) is 100 Å². The molecule has 2 N–H and O–H groups in total. The molecule has 5 rings (SSSR count). The number of carbonyl (C=O) groups excluding carboxylic acids is 4. The molecule has 0 aromatic heterocycles. The minimum atomic E-state index is -0.975. The summed E-state index contributed by atoms with van der Waals surface area (Å²) in [4.78, 5) is 68.9. The van der Waals surface area contributed by atoms with E-state index < -0.39 is 41.3 Å². The molecule has 4 aliphatic rings. The summed E-state index contributed by atoms with van der Waals surface area (Å²) in [6.45, 7) is 10.3. The lowest BCUT2D eigenvalue weighted by molar-refractivity contribution is -0.136. The number of nitrogens with one attached hydrogen (secondary N) is 1. The third kappa shape index (κ3) is 4.87. The van der Waals surface area contributed by atoms with Gasteiger partial charge in [-0.2, -0.15) is 0 Å². The number of piperidine rings is 1. The monoisotopic (exact) mass is 525 g/mol. The molecule has 0 bridgehead atoms. The summed E-state index contributed by atoms with van der Waals surface area (Å²) in [6.07, 6.45) is 1.39. The van der Waals surface area contributed by atoms with E-state index in [-0.39, 0.29) is 29.4 Å². The fourth-order valence-corrected chi connectivity index (χ4v) is 5.76. The molecule has 11 nitrogen and oxygen atoms in total. The highest BCUT2D eigenvalue weighted by Crippen LogP contribution is 2.48. The normalized spacial score (nSPS) is 23.4. The fraction of sp³-hybridized carbons (Fsp3) is 0.593. The number of benzene rings is 1. The van der Waals surface area contributed by atoms with Gasteiger partial charge in [0.25, 0.3) is 11.8 Å². The third-order valence-electron chi connectivity index (χ3n) is 8.21. The molecule has 0 spiro atoms. The van der Waals surface area contributed by atoms with E-state index >= 15 is 0 Å². The van der Waals surface area contributed by atoms with Gasteiger partial charge in [0.1, 0.15) is 6.04 Å². The Bertz CT molecular complexity index is 1190. The Morgan fingerprint density at radius 2 is 1.71 bits per heavy atom. The SMILES string of the molecule is CC(C)(C)N(CC1(CN2CCN(c3ccc4c(c3)C(=O)N(C3CCC(=O)NC3=O)C4=O)CC2)CC1)C(=O)O. The van der Waals surface area contributed by atoms with Crippen molar-refractivity contribution in [3.8, 4) is 0 Å². The number of hydrogen-bond donors (Lipinski definition) is 2. The maximum atomic E-state index is 13.2. The summed E-state index contributed by atoms with van der Waals surface area (Å²) in [5.41, 5.74) is 0.973. The van der Waals surface area contributed by atoms with E-state index in [9.17, 15) is 29.1 Å². The van der Waals surface area contributed by atoms with Crippen molar-refractivity contribution in [1.29, 1.82) is 0 Å². The molecule has 1 aliphatic carbocycles. The van der Waals surface area contributed by atoms with Crippen LogP contribution in [0.4, 0.5) is 10.5 Å². The molecule has 3 aliphatic heterocycles. The minimum absolute atomic E-state index is 0.00761. The van der Waals surface area contributed by atoms with Crippen molar-refractivity contribution < 1.29 is 29.1 Å². The van der Waals surface area contributed by atoms with Crippen LogP contribution in [0.15, 0.2) is 18.2 Å². The third-order valence-corrected chi connectivity index (χ3v) is 8.21. The highest BCUT2D eigenvalue weighted by molar-refractivity contribution is 6.23. The van der Waals surface area contributed by atoms with Crippen LogP contribution in [0.25, 0.3) is 0 Å². The summed E-state index contributed by atoms with van der Waals surface area (Å²) in [5, 5.41) is 11.9. The molecule has 3 heterocycles. The van der Waals surface area contributed by atoms with Gasteiger partial charge in [0.2, 0.25) is 11.8 Å². The molecule has 1 unspecified atom stereocenters. The van der Waals surface area contributed by atoms with Crippen LogP contribution in [-0.2, 0) is 9.59 Å². The highest BCUT2D eigenvalue weighted by atomic mass is 16.4. The molecule has 3 fully saturated rings. The van der Waals surface area contributed by atoms with Crippen molar-refractivity contribution in [1.82, 2.24) is 20.0 Å². The lowest BCUT2D eigenvalue weighted by Crippen LogP contribution is -2.54. The van der Waals surface area contributed by atoms with Gasteiger partial charge >= 0.3 is 6.09 Å². The van der Waals surface area contributed by atoms with E-state index in [4.69, 9.17) is 0 Å². The van der Waals surface area contributed by atoms with E-state index in [0.717, 1.165) is 56.2 Å². The average Bonchev–Trinajstić information content (AvgIpc) is 3.57. The van der Waals surface area contributed by atoms with Crippen molar-refractivity contribution in [2.24, 2.45) is 5.41 Å². The van der Waals surface area contributed by atoms with Crippen LogP contribution in [0.2, 0.25) is 0 Å². The summed E-state index contributed by atoms with van der Waals surface area (Å²) >= 11 is 0. The average molecular weight is 526 g/mol. The first-order valence-corrected chi connectivity index (χ1v) is 13.2. The van der Waals surface area contributed by atoms with Gasteiger partial charge in [-0.05, 0) is 58.2 Å². The number of rotatable bonds is 6. The molecule has 204 valence electrons. The number of anilines is 1. The van der Waals surface area contributed by atoms with Crippen LogP contribution < -0.4 is 10.2 Å². The van der Waals surface area contributed by atoms with Gasteiger partial charge in [0, 0.05) is 62.3 Å². The van der Waals surface area contributed by atoms with E-state index in [1.165, 1.54) is 0 Å². The Labute approximate surface area is 221 Å². The van der Waals surface area contributed by atoms with Gasteiger partial charge in [0.15, 0.2) is 0 Å². The molecule has 0 radical (unpaired) electrons. The largest absolute Gasteiger partial charge is 0.465 e. The quantitative estimate of drug-likeness (QED) is 0.538. The van der Waals surface area contributed by atoms with Crippen molar-refractivity contribution in [2.75, 3.05) is 44.2 Å². The molecule has 38 heavy (non-hydrogen) atoms. The maximum absolute atomic E-state index is 13.2. The van der Waals surface area contributed by atoms with E-state index in [2.05, 4.69) is 15.1 Å². The summed E-state index contributed by atoms with van der Waals surface area (Å²) in [7, 11) is 0. The van der Waals surface area contributed by atoms with Gasteiger partial charge in [-0.25, -0.2) is 4.79 Å². The number of carboxylic acid groups (broad SMARTS) is 1. The topological polar surface area (TPSA) is 131 Å². The van der Waals surface area contributed by atoms with E-state index in [1.54, 1.807) is 17.0 Å². The molecule has 2 saturated heterocycles. The fourth-order valence-electron chi connectivity index (χ4n) is 5.76. The zero-order valence-electron chi connectivity index (χ0n) is 22.2. The number of carbonyl (C=O) groups is 5. The number of nitrogens with zero attached hydrogens (tertiary/aromatic N) is 4. The first kappa shape index (κ1) is 26.1. The van der Waals surface area contributed by atoms with E-state index in [0.29, 0.717) is 6.54 Å². The number of fused-ring (bicyclic) bond motifs is 1. The zero-order chi connectivity index (χ0) is 27.4. The van der Waals surface area contributed by atoms with Crippen LogP contribution in [0.3, 0.4) is 0 Å². The second-order valence-electron chi connectivity index (χ2n) is 12.0. The van der Waals surface area contributed by atoms with Gasteiger partial charge in [-0.15, -0.1) is 0 Å². The molecule has 1 aromatic rings. The Kier molecular flexibility index (Phi) is 6.45. The van der Waals surface area contributed by atoms with Crippen LogP contribution in [0.5, 0.6) is 0 Å². The smallest absolute Gasteiger partial charge is 0.407 e. The van der Waals surface area contributed by atoms with Gasteiger partial charge in [0.05, 0.1) is 11.1 Å². The Morgan fingerprint density at radius 1 is 1.05 bits per heavy atom. The van der Waals surface area contributed by atoms with Crippen molar-refractivity contribution in [2.45, 2.75) is 58.0 Å². The predicted octanol–water partition coefficient (Wildman–Crippen LogP) is 1.77. The second-order valence-corrected chi connectivity index (χ2v) is 12.0. The number of hydrogen-bond acceptors (Lipinski definition) is 7. The lowest BCUT2D eigenvalue weighted by atomic mass is 10.00. The van der Waals surface area contributed by atoms with Gasteiger partial charge < -0.3 is 14.9 Å². The number of imide groups is 2. The zero-order valence-corrected chi connectivity index (χ0v) is 22.2. The summed E-state index contributed by atoms with van der Waals surface area (Å²) in [6, 6.07) is 4.24. The van der Waals surface area contributed by atoms with Crippen molar-refractivity contribution >= 4 is 35.4 Å². The molecule has 1 saturated carbocycles. The summed E-state index contributed by atoms with van der Waals surface area (Å²) in [5.74, 6) is -2.02. The van der Waals surface area contributed by atoms with Crippen LogP contribution in [0, 0.1) is 5.41 Å².